The molecular weight excluding hydrogens is 312 g/mol. The quantitative estimate of drug-likeness (QED) is 0.192. The Morgan fingerprint density at radius 3 is 1.92 bits per heavy atom. The Hall–Kier alpha value is -0.830. The minimum absolute atomic E-state index is 0.255. The molecule has 0 aliphatic rings. The van der Waals surface area contributed by atoms with Gasteiger partial charge in [-0.15, -0.1) is 0 Å². The Balaban J connectivity index is 3.50. The fraction of sp³-hybridized carbons (Fsp3) is 0.864. The molecule has 0 aromatic carbocycles. The molecule has 1 N–H and O–H groups in total. The number of unbranched alkanes of at least 4 members (excludes halogenated alkanes) is 10. The Bertz CT molecular complexity index is 323. The van der Waals surface area contributed by atoms with Crippen LogP contribution in [0.2, 0.25) is 0 Å². The minimum Gasteiger partial charge on any atom is -0.466 e. The summed E-state index contributed by atoms with van der Waals surface area (Å²) in [6.07, 6.45) is 19.8. The van der Waals surface area contributed by atoms with Crippen molar-refractivity contribution in [3.05, 3.63) is 12.2 Å². The van der Waals surface area contributed by atoms with E-state index in [9.17, 15) is 9.90 Å². The van der Waals surface area contributed by atoms with Gasteiger partial charge in [-0.3, -0.25) is 4.79 Å². The van der Waals surface area contributed by atoms with E-state index in [1.165, 1.54) is 57.8 Å². The van der Waals surface area contributed by atoms with Crippen LogP contribution in [0.4, 0.5) is 0 Å². The summed E-state index contributed by atoms with van der Waals surface area (Å²) in [5, 5.41) is 9.70. The second-order valence-electron chi connectivity index (χ2n) is 7.12. The molecule has 0 bridgehead atoms. The summed E-state index contributed by atoms with van der Waals surface area (Å²) in [7, 11) is 0. The predicted octanol–water partition coefficient (Wildman–Crippen LogP) is 6.19. The molecule has 3 heteroatoms. The van der Waals surface area contributed by atoms with Crippen LogP contribution in [0.15, 0.2) is 12.2 Å². The van der Waals surface area contributed by atoms with Gasteiger partial charge in [0.1, 0.15) is 0 Å². The lowest BCUT2D eigenvalue weighted by Gasteiger charge is -2.17. The van der Waals surface area contributed by atoms with E-state index < -0.39 is 6.10 Å². The van der Waals surface area contributed by atoms with Crippen LogP contribution in [0.1, 0.15) is 104 Å². The molecule has 0 spiro atoms. The molecule has 0 saturated heterocycles. The first-order valence-corrected chi connectivity index (χ1v) is 10.6. The normalized spacial score (nSPS) is 13.9. The van der Waals surface area contributed by atoms with Crippen LogP contribution in [0.3, 0.4) is 0 Å². The van der Waals surface area contributed by atoms with Gasteiger partial charge >= 0.3 is 5.97 Å². The van der Waals surface area contributed by atoms with Crippen LogP contribution in [-0.2, 0) is 9.53 Å². The van der Waals surface area contributed by atoms with Gasteiger partial charge in [-0.05, 0) is 46.0 Å². The van der Waals surface area contributed by atoms with Crippen LogP contribution in [0.5, 0.6) is 0 Å². The van der Waals surface area contributed by atoms with Crippen molar-refractivity contribution in [3.8, 4) is 0 Å². The van der Waals surface area contributed by atoms with E-state index in [2.05, 4.69) is 19.1 Å². The number of hydrogen-bond acceptors (Lipinski definition) is 3. The number of ether oxygens (including phenoxy) is 1. The highest BCUT2D eigenvalue weighted by atomic mass is 16.5. The van der Waals surface area contributed by atoms with E-state index in [0.29, 0.717) is 6.61 Å². The minimum atomic E-state index is -0.621. The summed E-state index contributed by atoms with van der Waals surface area (Å²) in [6.45, 7) is 6.12. The predicted molar refractivity (Wildman–Crippen MR) is 107 cm³/mol. The zero-order valence-corrected chi connectivity index (χ0v) is 17.0. The van der Waals surface area contributed by atoms with E-state index in [-0.39, 0.29) is 11.9 Å². The fourth-order valence-electron chi connectivity index (χ4n) is 3.06. The zero-order chi connectivity index (χ0) is 18.8. The topological polar surface area (TPSA) is 46.5 Å². The third-order valence-corrected chi connectivity index (χ3v) is 4.70. The summed E-state index contributed by atoms with van der Waals surface area (Å²) in [4.78, 5) is 11.8. The van der Waals surface area contributed by atoms with Crippen molar-refractivity contribution in [2.45, 2.75) is 110 Å². The van der Waals surface area contributed by atoms with Gasteiger partial charge in [0.05, 0.1) is 18.6 Å². The maximum atomic E-state index is 11.8. The lowest BCUT2D eigenvalue weighted by molar-refractivity contribution is -0.152. The standard InChI is InChI=1S/C22H42O3/c1-4-6-7-8-9-10-11-12-13-14-15-16-17-18-19-21(20(3)23)22(24)25-5-2/h12-13,20-21,23H,4-11,14-19H2,1-3H3/b13-12-. The Kier molecular flexibility index (Phi) is 17.4. The van der Waals surface area contributed by atoms with Gasteiger partial charge in [0.2, 0.25) is 0 Å². The van der Waals surface area contributed by atoms with Crippen molar-refractivity contribution < 1.29 is 14.6 Å². The summed E-state index contributed by atoms with van der Waals surface area (Å²) in [5.41, 5.74) is 0. The number of aliphatic hydroxyl groups is 1. The maximum Gasteiger partial charge on any atom is 0.311 e. The summed E-state index contributed by atoms with van der Waals surface area (Å²) >= 11 is 0. The smallest absolute Gasteiger partial charge is 0.311 e. The molecule has 0 amide bonds. The molecule has 0 aliphatic carbocycles. The largest absolute Gasteiger partial charge is 0.466 e. The zero-order valence-electron chi connectivity index (χ0n) is 17.0. The van der Waals surface area contributed by atoms with Crippen molar-refractivity contribution in [1.82, 2.24) is 0 Å². The SMILES string of the molecule is CCCCCCCC/C=C\CCCCCCC(C(=O)OCC)C(C)O. The van der Waals surface area contributed by atoms with E-state index in [0.717, 1.165) is 25.7 Å². The Morgan fingerprint density at radius 2 is 1.40 bits per heavy atom. The van der Waals surface area contributed by atoms with E-state index in [4.69, 9.17) is 4.74 Å². The second kappa shape index (κ2) is 18.0. The Morgan fingerprint density at radius 1 is 0.880 bits per heavy atom. The number of carbonyl (C=O) groups excluding carboxylic acids is 1. The highest BCUT2D eigenvalue weighted by molar-refractivity contribution is 5.72. The molecule has 148 valence electrons. The monoisotopic (exact) mass is 354 g/mol. The molecule has 0 heterocycles. The van der Waals surface area contributed by atoms with E-state index in [1.54, 1.807) is 13.8 Å². The average Bonchev–Trinajstić information content (AvgIpc) is 2.58. The van der Waals surface area contributed by atoms with Crippen LogP contribution in [0.25, 0.3) is 0 Å². The summed E-state index contributed by atoms with van der Waals surface area (Å²) in [6, 6.07) is 0. The molecule has 0 fully saturated rings. The molecular formula is C22H42O3. The fourth-order valence-corrected chi connectivity index (χ4v) is 3.06. The third-order valence-electron chi connectivity index (χ3n) is 4.70. The van der Waals surface area contributed by atoms with Gasteiger partial charge in [0, 0.05) is 0 Å². The number of aliphatic hydroxyl groups excluding tert-OH is 1. The highest BCUT2D eigenvalue weighted by Crippen LogP contribution is 2.17. The summed E-state index contributed by atoms with van der Waals surface area (Å²) in [5.74, 6) is -0.618. The number of allylic oxidation sites excluding steroid dienone is 2. The van der Waals surface area contributed by atoms with Gasteiger partial charge in [-0.1, -0.05) is 70.4 Å². The van der Waals surface area contributed by atoms with Gasteiger partial charge in [0.25, 0.3) is 0 Å². The molecule has 2 atom stereocenters. The van der Waals surface area contributed by atoms with Crippen LogP contribution in [0, 0.1) is 5.92 Å². The molecule has 3 nitrogen and oxygen atoms in total. The second-order valence-corrected chi connectivity index (χ2v) is 7.12. The lowest BCUT2D eigenvalue weighted by atomic mass is 9.96. The van der Waals surface area contributed by atoms with Crippen molar-refractivity contribution in [1.29, 1.82) is 0 Å². The van der Waals surface area contributed by atoms with Crippen LogP contribution < -0.4 is 0 Å². The van der Waals surface area contributed by atoms with Gasteiger partial charge in [-0.25, -0.2) is 0 Å². The van der Waals surface area contributed by atoms with Gasteiger partial charge < -0.3 is 9.84 Å². The molecule has 0 saturated carbocycles. The first-order valence-electron chi connectivity index (χ1n) is 10.6. The number of rotatable bonds is 17. The molecule has 0 radical (unpaired) electrons. The van der Waals surface area contributed by atoms with Crippen molar-refractivity contribution in [2.24, 2.45) is 5.92 Å². The first-order chi connectivity index (χ1) is 12.1. The maximum absolute atomic E-state index is 11.8. The number of esters is 1. The first kappa shape index (κ1) is 24.2. The molecule has 2 unspecified atom stereocenters. The number of hydrogen-bond donors (Lipinski definition) is 1. The van der Waals surface area contributed by atoms with Crippen molar-refractivity contribution >= 4 is 5.97 Å². The molecule has 25 heavy (non-hydrogen) atoms. The lowest BCUT2D eigenvalue weighted by Crippen LogP contribution is -2.27. The van der Waals surface area contributed by atoms with Crippen molar-refractivity contribution in [2.75, 3.05) is 6.61 Å². The highest BCUT2D eigenvalue weighted by Gasteiger charge is 2.24. The van der Waals surface area contributed by atoms with Crippen molar-refractivity contribution in [3.63, 3.8) is 0 Å². The molecule has 0 rings (SSSR count). The average molecular weight is 355 g/mol. The van der Waals surface area contributed by atoms with E-state index in [1.807, 2.05) is 0 Å². The van der Waals surface area contributed by atoms with Gasteiger partial charge in [0.15, 0.2) is 0 Å². The van der Waals surface area contributed by atoms with Crippen LogP contribution >= 0.6 is 0 Å². The third kappa shape index (κ3) is 15.2. The molecule has 0 aromatic heterocycles. The van der Waals surface area contributed by atoms with Crippen LogP contribution in [-0.4, -0.2) is 23.8 Å². The molecule has 0 aliphatic heterocycles. The number of carbonyl (C=O) groups is 1. The molecule has 0 aromatic rings. The summed E-state index contributed by atoms with van der Waals surface area (Å²) < 4.78 is 5.03. The van der Waals surface area contributed by atoms with Gasteiger partial charge in [-0.2, -0.15) is 0 Å². The Labute approximate surface area is 156 Å². The van der Waals surface area contributed by atoms with E-state index >= 15 is 0 Å².